The van der Waals surface area contributed by atoms with Crippen LogP contribution in [0.2, 0.25) is 0 Å². The molecule has 1 saturated carbocycles. The van der Waals surface area contributed by atoms with Crippen molar-refractivity contribution in [2.75, 3.05) is 0 Å². The molecule has 1 fully saturated rings. The Hall–Kier alpha value is -4.41. The molecule has 34 heavy (non-hydrogen) atoms. The van der Waals surface area contributed by atoms with Crippen LogP contribution in [0.5, 0.6) is 5.75 Å². The Labute approximate surface area is 194 Å². The molecule has 2 aromatic heterocycles. The van der Waals surface area contributed by atoms with Gasteiger partial charge >= 0.3 is 0 Å². The molecule has 0 radical (unpaired) electrons. The third kappa shape index (κ3) is 4.53. The van der Waals surface area contributed by atoms with Gasteiger partial charge in [0.15, 0.2) is 5.82 Å². The molecular weight excluding hydrogens is 436 g/mol. The van der Waals surface area contributed by atoms with Gasteiger partial charge < -0.3 is 15.7 Å². The highest BCUT2D eigenvalue weighted by Crippen LogP contribution is 2.38. The maximum Gasteiger partial charge on any atom is 0.270 e. The predicted molar refractivity (Wildman–Crippen MR) is 119 cm³/mol. The fraction of sp³-hybridized carbons (Fsp3) is 0.261. The van der Waals surface area contributed by atoms with E-state index in [2.05, 4.69) is 53.4 Å². The van der Waals surface area contributed by atoms with Gasteiger partial charge in [0.2, 0.25) is 0 Å². The molecule has 2 aliphatic rings. The van der Waals surface area contributed by atoms with Crippen molar-refractivity contribution in [1.29, 1.82) is 0 Å². The average molecular weight is 458 g/mol. The van der Waals surface area contributed by atoms with Crippen LogP contribution < -0.4 is 10.6 Å². The lowest BCUT2D eigenvalue weighted by Crippen LogP contribution is -2.35. The summed E-state index contributed by atoms with van der Waals surface area (Å²) in [7, 11) is 0. The van der Waals surface area contributed by atoms with Gasteiger partial charge in [0.25, 0.3) is 11.8 Å². The molecule has 2 atom stereocenters. The highest BCUT2D eigenvalue weighted by atomic mass is 16.3. The zero-order chi connectivity index (χ0) is 23.5. The lowest BCUT2D eigenvalue weighted by molar-refractivity contribution is 0.0938. The number of fused-ring (bicyclic) bond motifs is 1. The second-order valence-electron chi connectivity index (χ2n) is 8.17. The molecule has 2 aliphatic carbocycles. The summed E-state index contributed by atoms with van der Waals surface area (Å²) in [6, 6.07) is 7.85. The summed E-state index contributed by atoms with van der Waals surface area (Å²) in [6.45, 7) is 0.217. The van der Waals surface area contributed by atoms with E-state index < -0.39 is 5.91 Å². The number of phenols is 1. The van der Waals surface area contributed by atoms with Crippen LogP contribution in [0.1, 0.15) is 57.5 Å². The molecule has 5 rings (SSSR count). The van der Waals surface area contributed by atoms with Gasteiger partial charge in [-0.25, -0.2) is 9.97 Å². The van der Waals surface area contributed by atoms with Gasteiger partial charge in [-0.1, -0.05) is 29.5 Å². The Morgan fingerprint density at radius 1 is 1.15 bits per heavy atom. The smallest absolute Gasteiger partial charge is 0.270 e. The van der Waals surface area contributed by atoms with Crippen LogP contribution in [0.3, 0.4) is 0 Å². The second kappa shape index (κ2) is 9.22. The minimum atomic E-state index is -0.437. The lowest BCUT2D eigenvalue weighted by atomic mass is 9.90. The van der Waals surface area contributed by atoms with Crippen LogP contribution in [0, 0.1) is 0 Å². The first-order valence-electron chi connectivity index (χ1n) is 10.9. The molecule has 1 aromatic carbocycles. The van der Waals surface area contributed by atoms with Crippen molar-refractivity contribution in [3.8, 4) is 5.75 Å². The third-order valence-corrected chi connectivity index (χ3v) is 5.94. The van der Waals surface area contributed by atoms with Gasteiger partial charge in [0.05, 0.1) is 6.04 Å². The highest BCUT2D eigenvalue weighted by molar-refractivity contribution is 5.97. The topological polar surface area (TPSA) is 159 Å². The van der Waals surface area contributed by atoms with Crippen LogP contribution in [0.25, 0.3) is 0 Å². The fourth-order valence-electron chi connectivity index (χ4n) is 4.27. The summed E-state index contributed by atoms with van der Waals surface area (Å²) in [5.41, 5.74) is 3.24. The van der Waals surface area contributed by atoms with Gasteiger partial charge in [0.1, 0.15) is 23.5 Å². The minimum Gasteiger partial charge on any atom is -0.508 e. The number of amides is 2. The molecule has 0 aliphatic heterocycles. The quantitative estimate of drug-likeness (QED) is 0.433. The monoisotopic (exact) mass is 458 g/mol. The lowest BCUT2D eigenvalue weighted by Gasteiger charge is -2.19. The van der Waals surface area contributed by atoms with Crippen LogP contribution in [-0.2, 0) is 6.54 Å². The Kier molecular flexibility index (Phi) is 5.81. The number of carbonyl (C=O) groups is 2. The number of aromatic nitrogens is 6. The fourth-order valence-corrected chi connectivity index (χ4v) is 4.27. The van der Waals surface area contributed by atoms with Gasteiger partial charge in [0, 0.05) is 18.5 Å². The van der Waals surface area contributed by atoms with E-state index in [0.29, 0.717) is 5.82 Å². The Morgan fingerprint density at radius 2 is 2.00 bits per heavy atom. The molecule has 2 heterocycles. The number of phenolic OH excluding ortho intramolecular Hbond substituents is 1. The van der Waals surface area contributed by atoms with Gasteiger partial charge in [-0.15, -0.1) is 10.2 Å². The van der Waals surface area contributed by atoms with Crippen LogP contribution in [-0.4, -0.2) is 53.6 Å². The minimum absolute atomic E-state index is 0.0785. The first-order valence-corrected chi connectivity index (χ1v) is 10.9. The third-order valence-electron chi connectivity index (χ3n) is 5.94. The van der Waals surface area contributed by atoms with E-state index in [1.807, 2.05) is 0 Å². The number of H-pyrrole nitrogens is 1. The SMILES string of the molecule is O=C(NCc1cccc(O)c1)c1cc(C(=O)N[C@H]2CCC3=CC(c4nn[nH]n4)CC=C32)ncn1. The van der Waals surface area contributed by atoms with Gasteiger partial charge in [-0.3, -0.25) is 9.59 Å². The van der Waals surface area contributed by atoms with Crippen molar-refractivity contribution < 1.29 is 14.7 Å². The van der Waals surface area contributed by atoms with Gasteiger partial charge in [-0.2, -0.15) is 5.21 Å². The zero-order valence-corrected chi connectivity index (χ0v) is 18.1. The van der Waals surface area contributed by atoms with E-state index >= 15 is 0 Å². The molecule has 0 saturated heterocycles. The predicted octanol–water partition coefficient (Wildman–Crippen LogP) is 1.56. The zero-order valence-electron chi connectivity index (χ0n) is 18.1. The summed E-state index contributed by atoms with van der Waals surface area (Å²) >= 11 is 0. The van der Waals surface area contributed by atoms with E-state index in [1.165, 1.54) is 18.0 Å². The molecule has 3 aromatic rings. The van der Waals surface area contributed by atoms with Gasteiger partial charge in [-0.05, 0) is 48.1 Å². The number of aromatic amines is 1. The number of hydrogen-bond acceptors (Lipinski definition) is 8. The average Bonchev–Trinajstić information content (AvgIpc) is 3.53. The van der Waals surface area contributed by atoms with E-state index in [9.17, 15) is 14.7 Å². The van der Waals surface area contributed by atoms with Crippen LogP contribution in [0.4, 0.5) is 0 Å². The second-order valence-corrected chi connectivity index (χ2v) is 8.17. The van der Waals surface area contributed by atoms with Crippen LogP contribution >= 0.6 is 0 Å². The van der Waals surface area contributed by atoms with E-state index in [-0.39, 0.29) is 41.5 Å². The molecule has 11 nitrogen and oxygen atoms in total. The van der Waals surface area contributed by atoms with Crippen molar-refractivity contribution in [2.24, 2.45) is 0 Å². The summed E-state index contributed by atoms with van der Waals surface area (Å²) < 4.78 is 0. The molecule has 0 bridgehead atoms. The number of tetrazole rings is 1. The van der Waals surface area contributed by atoms with E-state index in [0.717, 1.165) is 30.4 Å². The molecule has 4 N–H and O–H groups in total. The first-order chi connectivity index (χ1) is 16.6. The summed E-state index contributed by atoms with van der Waals surface area (Å²) in [5, 5.41) is 29.5. The van der Waals surface area contributed by atoms with E-state index in [4.69, 9.17) is 0 Å². The highest BCUT2D eigenvalue weighted by Gasteiger charge is 2.31. The summed E-state index contributed by atoms with van der Waals surface area (Å²) in [6.07, 6.45) is 7.83. The number of benzene rings is 1. The number of carbonyl (C=O) groups excluding carboxylic acids is 2. The molecule has 0 spiro atoms. The van der Waals surface area contributed by atoms with Crippen molar-refractivity contribution in [1.82, 2.24) is 41.2 Å². The number of hydrogen-bond donors (Lipinski definition) is 4. The number of nitrogens with one attached hydrogen (secondary N) is 3. The number of allylic oxidation sites excluding steroid dienone is 2. The van der Waals surface area contributed by atoms with Crippen LogP contribution in [0.15, 0.2) is 60.0 Å². The van der Waals surface area contributed by atoms with Crippen molar-refractivity contribution in [2.45, 2.75) is 37.8 Å². The molecule has 11 heteroatoms. The normalized spacial score (nSPS) is 19.1. The first kappa shape index (κ1) is 21.4. The largest absolute Gasteiger partial charge is 0.508 e. The van der Waals surface area contributed by atoms with Crippen molar-refractivity contribution in [3.63, 3.8) is 0 Å². The number of rotatable bonds is 6. The molecule has 2 amide bonds. The summed E-state index contributed by atoms with van der Waals surface area (Å²) in [4.78, 5) is 33.4. The van der Waals surface area contributed by atoms with Crippen molar-refractivity contribution in [3.05, 3.63) is 82.7 Å². The Morgan fingerprint density at radius 3 is 2.79 bits per heavy atom. The van der Waals surface area contributed by atoms with Crippen molar-refractivity contribution >= 4 is 11.8 Å². The summed E-state index contributed by atoms with van der Waals surface area (Å²) in [5.74, 6) is 0.0576. The maximum atomic E-state index is 12.9. The number of nitrogens with zero attached hydrogens (tertiary/aromatic N) is 5. The Bertz CT molecular complexity index is 1280. The molecular formula is C23H22N8O3. The number of aromatic hydroxyl groups is 1. The standard InChI is InChI=1S/C23H22N8O3/c32-16-3-1-2-13(8-16)11-24-22(33)19-10-20(26-12-25-19)23(34)27-18-7-5-14-9-15(4-6-17(14)18)21-28-30-31-29-21/h1-3,6,8-10,12,15,18,32H,4-5,7,11H2,(H,24,33)(H,27,34)(H,28,29,30,31)/t15?,18-/m0/s1. The molecule has 1 unspecified atom stereocenters. The Balaban J connectivity index is 1.21. The maximum absolute atomic E-state index is 12.9. The van der Waals surface area contributed by atoms with E-state index in [1.54, 1.807) is 24.3 Å². The molecule has 172 valence electrons.